The lowest BCUT2D eigenvalue weighted by Crippen LogP contribution is -2.25. The molecule has 0 amide bonds. The Morgan fingerprint density at radius 1 is 0.964 bits per heavy atom. The zero-order valence-electron chi connectivity index (χ0n) is 15.7. The molecule has 0 fully saturated rings. The van der Waals surface area contributed by atoms with Crippen molar-refractivity contribution in [3.63, 3.8) is 0 Å². The number of methoxy groups -OCH3 is 1. The normalized spacial score (nSPS) is 10.4. The maximum atomic E-state index is 6.21. The molecule has 0 spiro atoms. The first-order valence-electron chi connectivity index (χ1n) is 9.04. The van der Waals surface area contributed by atoms with E-state index in [4.69, 9.17) is 33.3 Å². The summed E-state index contributed by atoms with van der Waals surface area (Å²) in [6.07, 6.45) is 0.868. The van der Waals surface area contributed by atoms with Crippen LogP contribution in [0, 0.1) is 0 Å². The molecule has 0 bridgehead atoms. The van der Waals surface area contributed by atoms with Gasteiger partial charge in [0, 0.05) is 17.1 Å². The van der Waals surface area contributed by atoms with Gasteiger partial charge < -0.3 is 14.8 Å². The fourth-order valence-electron chi connectivity index (χ4n) is 2.76. The molecule has 3 rings (SSSR count). The highest BCUT2D eigenvalue weighted by molar-refractivity contribution is 7.80. The van der Waals surface area contributed by atoms with Crippen molar-refractivity contribution in [3.8, 4) is 11.5 Å². The summed E-state index contributed by atoms with van der Waals surface area (Å²) < 4.78 is 11.2. The molecule has 0 aliphatic carbocycles. The molecule has 0 atom stereocenters. The summed E-state index contributed by atoms with van der Waals surface area (Å²) in [5.74, 6) is 1.60. The van der Waals surface area contributed by atoms with Crippen LogP contribution < -0.4 is 14.8 Å². The average Bonchev–Trinajstić information content (AvgIpc) is 2.74. The van der Waals surface area contributed by atoms with Gasteiger partial charge in [0.1, 0.15) is 23.1 Å². The van der Waals surface area contributed by atoms with Crippen LogP contribution in [0.25, 0.3) is 0 Å². The third-order valence-electron chi connectivity index (χ3n) is 4.33. The Labute approximate surface area is 176 Å². The van der Waals surface area contributed by atoms with E-state index in [1.54, 1.807) is 7.11 Å². The van der Waals surface area contributed by atoms with Gasteiger partial charge in [-0.3, -0.25) is 0 Å². The van der Waals surface area contributed by atoms with Crippen molar-refractivity contribution < 1.29 is 9.47 Å². The van der Waals surface area contributed by atoms with Gasteiger partial charge in [-0.2, -0.15) is 0 Å². The second-order valence-corrected chi connectivity index (χ2v) is 7.05. The molecule has 5 heteroatoms. The van der Waals surface area contributed by atoms with E-state index >= 15 is 0 Å². The maximum absolute atomic E-state index is 6.21. The Morgan fingerprint density at radius 2 is 1.68 bits per heavy atom. The lowest BCUT2D eigenvalue weighted by molar-refractivity contribution is 0.305. The molecule has 144 valence electrons. The number of thiocarbonyl (C=S) groups is 1. The second kappa shape index (κ2) is 10.1. The second-order valence-electron chi connectivity index (χ2n) is 6.23. The van der Waals surface area contributed by atoms with Crippen molar-refractivity contribution >= 4 is 28.8 Å². The molecule has 3 nitrogen and oxygen atoms in total. The highest BCUT2D eigenvalue weighted by Crippen LogP contribution is 2.22. The summed E-state index contributed by atoms with van der Waals surface area (Å²) in [6, 6.07) is 23.5. The quantitative estimate of drug-likeness (QED) is 0.500. The van der Waals surface area contributed by atoms with Crippen molar-refractivity contribution in [1.29, 1.82) is 0 Å². The van der Waals surface area contributed by atoms with Gasteiger partial charge in [-0.1, -0.05) is 66.3 Å². The molecule has 0 heterocycles. The van der Waals surface area contributed by atoms with Crippen molar-refractivity contribution in [3.05, 3.63) is 94.5 Å². The van der Waals surface area contributed by atoms with Crippen LogP contribution in [0.5, 0.6) is 11.5 Å². The van der Waals surface area contributed by atoms with E-state index in [1.165, 1.54) is 5.56 Å². The predicted molar refractivity (Wildman–Crippen MR) is 119 cm³/mol. The van der Waals surface area contributed by atoms with Gasteiger partial charge in [0.25, 0.3) is 0 Å². The van der Waals surface area contributed by atoms with E-state index < -0.39 is 0 Å². The van der Waals surface area contributed by atoms with Crippen molar-refractivity contribution in [2.24, 2.45) is 0 Å². The number of benzene rings is 3. The number of para-hydroxylation sites is 1. The van der Waals surface area contributed by atoms with E-state index in [2.05, 4.69) is 17.4 Å². The third-order valence-corrected chi connectivity index (χ3v) is 5.06. The molecule has 3 aromatic carbocycles. The number of rotatable bonds is 8. The van der Waals surface area contributed by atoms with Crippen LogP contribution in [-0.4, -0.2) is 18.6 Å². The molecule has 1 N–H and O–H groups in total. The summed E-state index contributed by atoms with van der Waals surface area (Å²) in [5.41, 5.74) is 3.04. The average molecular weight is 412 g/mol. The van der Waals surface area contributed by atoms with E-state index in [-0.39, 0.29) is 0 Å². The van der Waals surface area contributed by atoms with Crippen molar-refractivity contribution in [2.45, 2.75) is 13.0 Å². The Bertz CT molecular complexity index is 928. The van der Waals surface area contributed by atoms with E-state index in [0.717, 1.165) is 35.6 Å². The third kappa shape index (κ3) is 5.47. The first kappa shape index (κ1) is 20.2. The molecular weight excluding hydrogens is 390 g/mol. The fraction of sp³-hybridized carbons (Fsp3) is 0.174. The standard InChI is InChI=1S/C23H22ClNO2S/c1-26-19-12-10-17(11-13-19)14-15-25-23(28)20-7-3-5-9-22(20)27-16-18-6-2-4-8-21(18)24/h2-13H,14-16H2,1H3,(H,25,28). The lowest BCUT2D eigenvalue weighted by atomic mass is 10.1. The summed E-state index contributed by atoms with van der Waals surface area (Å²) in [5, 5.41) is 4.01. The molecular formula is C23H22ClNO2S. The van der Waals surface area contributed by atoms with Crippen LogP contribution in [-0.2, 0) is 13.0 Å². The van der Waals surface area contributed by atoms with Gasteiger partial charge in [-0.15, -0.1) is 0 Å². The van der Waals surface area contributed by atoms with Crippen LogP contribution >= 0.6 is 23.8 Å². The smallest absolute Gasteiger partial charge is 0.129 e. The van der Waals surface area contributed by atoms with Crippen LogP contribution in [0.15, 0.2) is 72.8 Å². The minimum Gasteiger partial charge on any atom is -0.497 e. The summed E-state index contributed by atoms with van der Waals surface area (Å²) in [7, 11) is 1.67. The van der Waals surface area contributed by atoms with Gasteiger partial charge in [0.2, 0.25) is 0 Å². The maximum Gasteiger partial charge on any atom is 0.129 e. The molecule has 0 radical (unpaired) electrons. The number of ether oxygens (including phenoxy) is 2. The van der Waals surface area contributed by atoms with Crippen molar-refractivity contribution in [1.82, 2.24) is 5.32 Å². The van der Waals surface area contributed by atoms with Crippen LogP contribution in [0.4, 0.5) is 0 Å². The molecule has 0 saturated carbocycles. The first-order chi connectivity index (χ1) is 13.7. The number of hydrogen-bond acceptors (Lipinski definition) is 3. The minimum absolute atomic E-state index is 0.394. The highest BCUT2D eigenvalue weighted by atomic mass is 35.5. The molecule has 0 saturated heterocycles. The topological polar surface area (TPSA) is 30.5 Å². The van der Waals surface area contributed by atoms with Gasteiger partial charge >= 0.3 is 0 Å². The predicted octanol–water partition coefficient (Wildman–Crippen LogP) is 5.44. The SMILES string of the molecule is COc1ccc(CCNC(=S)c2ccccc2OCc2ccccc2Cl)cc1. The molecule has 0 aliphatic heterocycles. The molecule has 3 aromatic rings. The van der Waals surface area contributed by atoms with E-state index in [1.807, 2.05) is 60.7 Å². The first-order valence-corrected chi connectivity index (χ1v) is 9.82. The summed E-state index contributed by atoms with van der Waals surface area (Å²) in [4.78, 5) is 0.670. The van der Waals surface area contributed by atoms with Crippen molar-refractivity contribution in [2.75, 3.05) is 13.7 Å². The Kier molecular flexibility index (Phi) is 7.29. The molecule has 28 heavy (non-hydrogen) atoms. The number of halogens is 1. The molecule has 0 unspecified atom stereocenters. The largest absolute Gasteiger partial charge is 0.497 e. The Morgan fingerprint density at radius 3 is 2.43 bits per heavy atom. The van der Waals surface area contributed by atoms with E-state index in [0.29, 0.717) is 16.6 Å². The van der Waals surface area contributed by atoms with Gasteiger partial charge in [-0.05, 0) is 42.3 Å². The summed E-state index contributed by atoms with van der Waals surface area (Å²) >= 11 is 11.8. The zero-order chi connectivity index (χ0) is 19.8. The Balaban J connectivity index is 1.58. The Hall–Kier alpha value is -2.56. The van der Waals surface area contributed by atoms with Crippen LogP contribution in [0.3, 0.4) is 0 Å². The number of nitrogens with one attached hydrogen (secondary N) is 1. The van der Waals surface area contributed by atoms with E-state index in [9.17, 15) is 0 Å². The molecule has 0 aliphatic rings. The van der Waals surface area contributed by atoms with Gasteiger partial charge in [0.15, 0.2) is 0 Å². The fourth-order valence-corrected chi connectivity index (χ4v) is 3.22. The zero-order valence-corrected chi connectivity index (χ0v) is 17.2. The number of hydrogen-bond donors (Lipinski definition) is 1. The van der Waals surface area contributed by atoms with Crippen LogP contribution in [0.2, 0.25) is 5.02 Å². The molecule has 0 aromatic heterocycles. The monoisotopic (exact) mass is 411 g/mol. The summed E-state index contributed by atoms with van der Waals surface area (Å²) in [6.45, 7) is 1.13. The van der Waals surface area contributed by atoms with Gasteiger partial charge in [0.05, 0.1) is 12.7 Å². The highest BCUT2D eigenvalue weighted by Gasteiger charge is 2.09. The minimum atomic E-state index is 0.394. The van der Waals surface area contributed by atoms with Gasteiger partial charge in [-0.25, -0.2) is 0 Å². The van der Waals surface area contributed by atoms with Crippen LogP contribution in [0.1, 0.15) is 16.7 Å². The lowest BCUT2D eigenvalue weighted by Gasteiger charge is -2.14.